The fraction of sp³-hybridized carbons (Fsp3) is 1.00. The standard InChI is InChI=1S/C14H24O2/c1-9-5-6-10-11(15)14(16)8-4-7-13(9,14)12(10,2)3/h9-11,15-16H,4-8H2,1-3H3/t9-,10+,11-,13+,14-/m0/s1. The van der Waals surface area contributed by atoms with Crippen molar-refractivity contribution in [2.75, 3.05) is 0 Å². The molecule has 0 radical (unpaired) electrons. The number of aliphatic hydroxyl groups excluding tert-OH is 1. The molecule has 3 fully saturated rings. The zero-order valence-corrected chi connectivity index (χ0v) is 10.7. The predicted octanol–water partition coefficient (Wildman–Crippen LogP) is 2.33. The van der Waals surface area contributed by atoms with Crippen LogP contribution >= 0.6 is 0 Å². The minimum atomic E-state index is -0.795. The fourth-order valence-corrected chi connectivity index (χ4v) is 5.93. The Kier molecular flexibility index (Phi) is 1.96. The van der Waals surface area contributed by atoms with Crippen molar-refractivity contribution < 1.29 is 10.2 Å². The summed E-state index contributed by atoms with van der Waals surface area (Å²) in [4.78, 5) is 0. The molecule has 0 heterocycles. The van der Waals surface area contributed by atoms with Gasteiger partial charge in [-0.15, -0.1) is 0 Å². The highest BCUT2D eigenvalue weighted by atomic mass is 16.3. The normalized spacial score (nSPS) is 58.7. The molecule has 3 aliphatic rings. The highest BCUT2D eigenvalue weighted by molar-refractivity contribution is 5.25. The maximum atomic E-state index is 11.0. The van der Waals surface area contributed by atoms with E-state index in [-0.39, 0.29) is 10.8 Å². The van der Waals surface area contributed by atoms with Gasteiger partial charge >= 0.3 is 0 Å². The summed E-state index contributed by atoms with van der Waals surface area (Å²) >= 11 is 0. The Hall–Kier alpha value is -0.0800. The van der Waals surface area contributed by atoms with E-state index in [2.05, 4.69) is 20.8 Å². The third kappa shape index (κ3) is 0.830. The van der Waals surface area contributed by atoms with Crippen LogP contribution in [-0.4, -0.2) is 21.9 Å². The van der Waals surface area contributed by atoms with Crippen molar-refractivity contribution in [3.05, 3.63) is 0 Å². The maximum absolute atomic E-state index is 11.0. The van der Waals surface area contributed by atoms with Crippen LogP contribution in [0, 0.1) is 22.7 Å². The van der Waals surface area contributed by atoms with E-state index >= 15 is 0 Å². The topological polar surface area (TPSA) is 40.5 Å². The Morgan fingerprint density at radius 2 is 1.81 bits per heavy atom. The summed E-state index contributed by atoms with van der Waals surface area (Å²) in [6.07, 6.45) is 4.75. The van der Waals surface area contributed by atoms with E-state index in [0.717, 1.165) is 25.7 Å². The third-order valence-corrected chi connectivity index (χ3v) is 6.60. The summed E-state index contributed by atoms with van der Waals surface area (Å²) in [5.74, 6) is 0.845. The van der Waals surface area contributed by atoms with Crippen molar-refractivity contribution in [1.82, 2.24) is 0 Å². The number of hydrogen-bond acceptors (Lipinski definition) is 2. The van der Waals surface area contributed by atoms with Crippen molar-refractivity contribution in [2.24, 2.45) is 22.7 Å². The first-order valence-electron chi connectivity index (χ1n) is 6.78. The monoisotopic (exact) mass is 224 g/mol. The second-order valence-electron chi connectivity index (χ2n) is 7.00. The third-order valence-electron chi connectivity index (χ3n) is 6.60. The van der Waals surface area contributed by atoms with Gasteiger partial charge in [-0.2, -0.15) is 0 Å². The first kappa shape index (κ1) is 11.0. The maximum Gasteiger partial charge on any atom is 0.0971 e. The van der Waals surface area contributed by atoms with E-state index in [1.54, 1.807) is 0 Å². The Labute approximate surface area is 98.1 Å². The molecule has 0 aromatic heterocycles. The number of aliphatic hydroxyl groups is 2. The van der Waals surface area contributed by atoms with Gasteiger partial charge in [0.15, 0.2) is 0 Å². The second kappa shape index (κ2) is 2.84. The molecule has 2 nitrogen and oxygen atoms in total. The van der Waals surface area contributed by atoms with Crippen LogP contribution in [0.5, 0.6) is 0 Å². The summed E-state index contributed by atoms with van der Waals surface area (Å²) in [7, 11) is 0. The molecule has 2 bridgehead atoms. The molecule has 1 spiro atoms. The first-order valence-corrected chi connectivity index (χ1v) is 6.78. The number of hydrogen-bond donors (Lipinski definition) is 2. The Morgan fingerprint density at radius 3 is 2.50 bits per heavy atom. The average molecular weight is 224 g/mol. The predicted molar refractivity (Wildman–Crippen MR) is 62.9 cm³/mol. The van der Waals surface area contributed by atoms with Crippen LogP contribution < -0.4 is 0 Å². The minimum absolute atomic E-state index is 0.0255. The van der Waals surface area contributed by atoms with Crippen LogP contribution in [0.4, 0.5) is 0 Å². The summed E-state index contributed by atoms with van der Waals surface area (Å²) in [5.41, 5.74) is -0.727. The Bertz CT molecular complexity index is 325. The van der Waals surface area contributed by atoms with E-state index in [1.807, 2.05) is 0 Å². The molecule has 92 valence electrons. The van der Waals surface area contributed by atoms with Crippen molar-refractivity contribution in [3.8, 4) is 0 Å². The highest BCUT2D eigenvalue weighted by Gasteiger charge is 2.76. The summed E-state index contributed by atoms with van der Waals surface area (Å²) in [6.45, 7) is 6.84. The molecule has 3 rings (SSSR count). The largest absolute Gasteiger partial charge is 0.390 e. The van der Waals surface area contributed by atoms with Gasteiger partial charge in [-0.3, -0.25) is 0 Å². The molecular weight excluding hydrogens is 200 g/mol. The molecule has 2 heteroatoms. The molecule has 0 aliphatic heterocycles. The molecule has 0 unspecified atom stereocenters. The van der Waals surface area contributed by atoms with Gasteiger partial charge in [0.25, 0.3) is 0 Å². The molecule has 16 heavy (non-hydrogen) atoms. The van der Waals surface area contributed by atoms with Crippen LogP contribution in [-0.2, 0) is 0 Å². The van der Waals surface area contributed by atoms with Crippen LogP contribution in [0.1, 0.15) is 52.9 Å². The van der Waals surface area contributed by atoms with Crippen LogP contribution in [0.15, 0.2) is 0 Å². The molecule has 0 amide bonds. The van der Waals surface area contributed by atoms with Gasteiger partial charge in [0.2, 0.25) is 0 Å². The fourth-order valence-electron chi connectivity index (χ4n) is 5.93. The smallest absolute Gasteiger partial charge is 0.0971 e. The molecular formula is C14H24O2. The zero-order valence-electron chi connectivity index (χ0n) is 10.7. The summed E-state index contributed by atoms with van der Waals surface area (Å²) < 4.78 is 0. The van der Waals surface area contributed by atoms with E-state index in [1.165, 1.54) is 6.42 Å². The van der Waals surface area contributed by atoms with Crippen LogP contribution in [0.25, 0.3) is 0 Å². The van der Waals surface area contributed by atoms with Gasteiger partial charge in [0.1, 0.15) is 0 Å². The van der Waals surface area contributed by atoms with E-state index in [0.29, 0.717) is 11.8 Å². The van der Waals surface area contributed by atoms with Crippen LogP contribution in [0.2, 0.25) is 0 Å². The molecule has 0 aromatic rings. The molecule has 3 aliphatic carbocycles. The summed E-state index contributed by atoms with van der Waals surface area (Å²) in [5, 5.41) is 21.5. The molecule has 0 aromatic carbocycles. The summed E-state index contributed by atoms with van der Waals surface area (Å²) in [6, 6.07) is 0. The molecule has 2 N–H and O–H groups in total. The number of rotatable bonds is 0. The highest BCUT2D eigenvalue weighted by Crippen LogP contribution is 2.74. The second-order valence-corrected chi connectivity index (χ2v) is 7.00. The lowest BCUT2D eigenvalue weighted by molar-refractivity contribution is -0.144. The van der Waals surface area contributed by atoms with Gasteiger partial charge < -0.3 is 10.2 Å². The zero-order chi connectivity index (χ0) is 11.8. The first-order chi connectivity index (χ1) is 7.38. The van der Waals surface area contributed by atoms with Gasteiger partial charge in [-0.1, -0.05) is 20.8 Å². The quantitative estimate of drug-likeness (QED) is 0.663. The Balaban J connectivity index is 2.21. The lowest BCUT2D eigenvalue weighted by Gasteiger charge is -2.53. The van der Waals surface area contributed by atoms with Crippen molar-refractivity contribution in [2.45, 2.75) is 64.6 Å². The van der Waals surface area contributed by atoms with Crippen molar-refractivity contribution in [3.63, 3.8) is 0 Å². The van der Waals surface area contributed by atoms with E-state index in [4.69, 9.17) is 0 Å². The molecule has 5 atom stereocenters. The lowest BCUT2D eigenvalue weighted by Crippen LogP contribution is -2.54. The minimum Gasteiger partial charge on any atom is -0.390 e. The Morgan fingerprint density at radius 1 is 1.12 bits per heavy atom. The van der Waals surface area contributed by atoms with Gasteiger partial charge in [-0.05, 0) is 49.4 Å². The van der Waals surface area contributed by atoms with Gasteiger partial charge in [0, 0.05) is 5.41 Å². The SMILES string of the molecule is C[C@H]1CC[C@@H]2[C@H](O)[C@@]3(O)CCC[C@]13C2(C)C. The van der Waals surface area contributed by atoms with Gasteiger partial charge in [0.05, 0.1) is 11.7 Å². The van der Waals surface area contributed by atoms with E-state index < -0.39 is 11.7 Å². The molecule has 3 saturated carbocycles. The molecule has 0 saturated heterocycles. The van der Waals surface area contributed by atoms with Crippen LogP contribution in [0.3, 0.4) is 0 Å². The van der Waals surface area contributed by atoms with Crippen molar-refractivity contribution >= 4 is 0 Å². The van der Waals surface area contributed by atoms with Gasteiger partial charge in [-0.25, -0.2) is 0 Å². The average Bonchev–Trinajstić information content (AvgIpc) is 2.58. The van der Waals surface area contributed by atoms with Crippen molar-refractivity contribution in [1.29, 1.82) is 0 Å². The number of fused-ring (bicyclic) bond motifs is 1. The van der Waals surface area contributed by atoms with E-state index in [9.17, 15) is 10.2 Å². The lowest BCUT2D eigenvalue weighted by atomic mass is 9.51.